The van der Waals surface area contributed by atoms with Gasteiger partial charge >= 0.3 is 0 Å². The van der Waals surface area contributed by atoms with Crippen LogP contribution in [0.2, 0.25) is 0 Å². The Morgan fingerprint density at radius 1 is 1.11 bits per heavy atom. The summed E-state index contributed by atoms with van der Waals surface area (Å²) in [4.78, 5) is 25.0. The molecule has 3 aromatic rings. The molecule has 0 atom stereocenters. The molecule has 1 N–H and O–H groups in total. The van der Waals surface area contributed by atoms with Crippen LogP contribution in [0.4, 0.5) is 0 Å². The van der Waals surface area contributed by atoms with Gasteiger partial charge in [0.15, 0.2) is 0 Å². The van der Waals surface area contributed by atoms with E-state index >= 15 is 0 Å². The highest BCUT2D eigenvalue weighted by molar-refractivity contribution is 5.77. The van der Waals surface area contributed by atoms with Gasteiger partial charge in [0.2, 0.25) is 5.91 Å². The van der Waals surface area contributed by atoms with E-state index < -0.39 is 0 Å². The third-order valence-corrected chi connectivity index (χ3v) is 5.40. The second kappa shape index (κ2) is 8.61. The number of hydrogen-bond acceptors (Lipinski definition) is 4. The zero-order chi connectivity index (χ0) is 19.3. The number of H-pyrrole nitrogens is 1. The molecule has 1 aliphatic rings. The summed E-state index contributed by atoms with van der Waals surface area (Å²) < 4.78 is 5.83. The Kier molecular flexibility index (Phi) is 5.76. The van der Waals surface area contributed by atoms with E-state index in [1.165, 1.54) is 0 Å². The lowest BCUT2D eigenvalue weighted by atomic mass is 10.2. The number of nitrogens with one attached hydrogen (secondary N) is 1. The molecule has 0 spiro atoms. The first-order chi connectivity index (χ1) is 13.7. The predicted molar refractivity (Wildman–Crippen MR) is 109 cm³/mol. The first kappa shape index (κ1) is 18.7. The van der Waals surface area contributed by atoms with E-state index in [2.05, 4.69) is 33.9 Å². The Balaban J connectivity index is 1.27. The average Bonchev–Trinajstić information content (AvgIpc) is 3.27. The Morgan fingerprint density at radius 3 is 2.79 bits per heavy atom. The first-order valence-electron chi connectivity index (χ1n) is 10.2. The Labute approximate surface area is 165 Å². The summed E-state index contributed by atoms with van der Waals surface area (Å²) in [6, 6.07) is 12.1. The number of furan rings is 1. The number of para-hydroxylation sites is 2. The molecule has 0 aliphatic carbocycles. The van der Waals surface area contributed by atoms with Gasteiger partial charge in [-0.2, -0.15) is 0 Å². The molecule has 3 heterocycles. The molecule has 4 rings (SSSR count). The lowest BCUT2D eigenvalue weighted by molar-refractivity contribution is -0.131. The van der Waals surface area contributed by atoms with Crippen LogP contribution in [-0.4, -0.2) is 51.9 Å². The molecule has 1 aliphatic heterocycles. The van der Waals surface area contributed by atoms with Crippen molar-refractivity contribution in [3.05, 3.63) is 53.7 Å². The van der Waals surface area contributed by atoms with Crippen LogP contribution in [0, 0.1) is 0 Å². The van der Waals surface area contributed by atoms with Gasteiger partial charge in [-0.25, -0.2) is 4.98 Å². The van der Waals surface area contributed by atoms with Crippen molar-refractivity contribution in [1.29, 1.82) is 0 Å². The summed E-state index contributed by atoms with van der Waals surface area (Å²) in [5.41, 5.74) is 1.99. The van der Waals surface area contributed by atoms with Gasteiger partial charge in [0.1, 0.15) is 17.3 Å². The molecule has 2 aromatic heterocycles. The smallest absolute Gasteiger partial charge is 0.223 e. The van der Waals surface area contributed by atoms with Crippen LogP contribution < -0.4 is 0 Å². The van der Waals surface area contributed by atoms with Crippen molar-refractivity contribution in [2.24, 2.45) is 0 Å². The highest BCUT2D eigenvalue weighted by Crippen LogP contribution is 2.15. The topological polar surface area (TPSA) is 65.4 Å². The monoisotopic (exact) mass is 380 g/mol. The van der Waals surface area contributed by atoms with Crippen molar-refractivity contribution in [3.63, 3.8) is 0 Å². The number of amides is 1. The zero-order valence-electron chi connectivity index (χ0n) is 16.5. The van der Waals surface area contributed by atoms with E-state index in [1.54, 1.807) is 0 Å². The molecular weight excluding hydrogens is 352 g/mol. The number of imidazole rings is 1. The number of nitrogens with zero attached hydrogens (tertiary/aromatic N) is 3. The van der Waals surface area contributed by atoms with Gasteiger partial charge < -0.3 is 14.3 Å². The van der Waals surface area contributed by atoms with Crippen LogP contribution in [0.15, 0.2) is 40.8 Å². The van der Waals surface area contributed by atoms with Crippen molar-refractivity contribution in [1.82, 2.24) is 19.8 Å². The molecule has 1 aromatic carbocycles. The van der Waals surface area contributed by atoms with Crippen molar-refractivity contribution in [2.45, 2.75) is 39.2 Å². The minimum absolute atomic E-state index is 0.216. The van der Waals surface area contributed by atoms with E-state index in [0.29, 0.717) is 12.8 Å². The summed E-state index contributed by atoms with van der Waals surface area (Å²) in [5.74, 6) is 3.15. The molecule has 148 valence electrons. The third-order valence-electron chi connectivity index (χ3n) is 5.40. The molecule has 1 fully saturated rings. The highest BCUT2D eigenvalue weighted by Gasteiger charge is 2.20. The number of carbonyl (C=O) groups is 1. The Hall–Kier alpha value is -2.60. The second-order valence-electron chi connectivity index (χ2n) is 7.43. The maximum atomic E-state index is 12.7. The Bertz CT molecular complexity index is 896. The molecule has 1 amide bonds. The fourth-order valence-corrected chi connectivity index (χ4v) is 3.80. The largest absolute Gasteiger partial charge is 0.465 e. The summed E-state index contributed by atoms with van der Waals surface area (Å²) in [6.07, 6.45) is 3.07. The maximum Gasteiger partial charge on any atom is 0.223 e. The summed E-state index contributed by atoms with van der Waals surface area (Å²) in [5, 5.41) is 0. The van der Waals surface area contributed by atoms with Crippen molar-refractivity contribution < 1.29 is 9.21 Å². The van der Waals surface area contributed by atoms with Gasteiger partial charge in [-0.15, -0.1) is 0 Å². The van der Waals surface area contributed by atoms with Crippen molar-refractivity contribution in [3.8, 4) is 0 Å². The number of aryl methyl sites for hydroxylation is 2. The van der Waals surface area contributed by atoms with Gasteiger partial charge in [-0.05, 0) is 30.7 Å². The van der Waals surface area contributed by atoms with E-state index in [1.807, 2.05) is 29.2 Å². The van der Waals surface area contributed by atoms with E-state index in [4.69, 9.17) is 4.42 Å². The fourth-order valence-electron chi connectivity index (χ4n) is 3.80. The standard InChI is InChI=1S/C22H28N4O2/c1-2-17-8-9-18(28-17)16-25-12-5-13-26(15-14-25)22(27)11-10-21-23-19-6-3-4-7-20(19)24-21/h3-4,6-9H,2,5,10-16H2,1H3,(H,23,24). The van der Waals surface area contributed by atoms with E-state index in [0.717, 1.165) is 73.9 Å². The number of aromatic nitrogens is 2. The normalized spacial score (nSPS) is 15.8. The third kappa shape index (κ3) is 4.44. The van der Waals surface area contributed by atoms with Gasteiger partial charge in [0, 0.05) is 45.4 Å². The predicted octanol–water partition coefficient (Wildman–Crippen LogP) is 3.39. The maximum absolute atomic E-state index is 12.7. The average molecular weight is 380 g/mol. The molecule has 1 saturated heterocycles. The summed E-state index contributed by atoms with van der Waals surface area (Å²) in [6.45, 7) is 6.41. The molecular formula is C22H28N4O2. The number of fused-ring (bicyclic) bond motifs is 1. The SMILES string of the molecule is CCc1ccc(CN2CCCN(C(=O)CCc3nc4ccccc4[nH]3)CC2)o1. The zero-order valence-corrected chi connectivity index (χ0v) is 16.5. The van der Waals surface area contributed by atoms with Gasteiger partial charge in [-0.3, -0.25) is 9.69 Å². The Morgan fingerprint density at radius 2 is 1.96 bits per heavy atom. The van der Waals surface area contributed by atoms with E-state index in [-0.39, 0.29) is 5.91 Å². The molecule has 6 nitrogen and oxygen atoms in total. The number of carbonyl (C=O) groups excluding carboxylic acids is 1. The minimum Gasteiger partial charge on any atom is -0.465 e. The lowest BCUT2D eigenvalue weighted by Gasteiger charge is -2.21. The summed E-state index contributed by atoms with van der Waals surface area (Å²) in [7, 11) is 0. The van der Waals surface area contributed by atoms with Crippen molar-refractivity contribution >= 4 is 16.9 Å². The van der Waals surface area contributed by atoms with Crippen LogP contribution in [0.5, 0.6) is 0 Å². The molecule has 0 saturated carbocycles. The number of aromatic amines is 1. The van der Waals surface area contributed by atoms with Gasteiger partial charge in [0.05, 0.1) is 17.6 Å². The lowest BCUT2D eigenvalue weighted by Crippen LogP contribution is -2.35. The molecule has 28 heavy (non-hydrogen) atoms. The van der Waals surface area contributed by atoms with Crippen LogP contribution in [0.3, 0.4) is 0 Å². The molecule has 6 heteroatoms. The van der Waals surface area contributed by atoms with Crippen LogP contribution in [0.25, 0.3) is 11.0 Å². The molecule has 0 radical (unpaired) electrons. The number of hydrogen-bond donors (Lipinski definition) is 1. The molecule has 0 unspecified atom stereocenters. The van der Waals surface area contributed by atoms with Gasteiger partial charge in [0.25, 0.3) is 0 Å². The second-order valence-corrected chi connectivity index (χ2v) is 7.43. The summed E-state index contributed by atoms with van der Waals surface area (Å²) >= 11 is 0. The fraction of sp³-hybridized carbons (Fsp3) is 0.455. The number of rotatable bonds is 6. The van der Waals surface area contributed by atoms with Gasteiger partial charge in [-0.1, -0.05) is 19.1 Å². The highest BCUT2D eigenvalue weighted by atomic mass is 16.3. The minimum atomic E-state index is 0.216. The number of benzene rings is 1. The quantitative estimate of drug-likeness (QED) is 0.712. The van der Waals surface area contributed by atoms with Crippen LogP contribution in [0.1, 0.15) is 37.1 Å². The first-order valence-corrected chi connectivity index (χ1v) is 10.2. The van der Waals surface area contributed by atoms with E-state index in [9.17, 15) is 4.79 Å². The molecule has 0 bridgehead atoms. The van der Waals surface area contributed by atoms with Crippen LogP contribution >= 0.6 is 0 Å². The van der Waals surface area contributed by atoms with Crippen LogP contribution in [-0.2, 0) is 24.2 Å². The van der Waals surface area contributed by atoms with Crippen molar-refractivity contribution in [2.75, 3.05) is 26.2 Å².